The summed E-state index contributed by atoms with van der Waals surface area (Å²) in [7, 11) is 1.62. The third kappa shape index (κ3) is 2.66. The number of methoxy groups -OCH3 is 1. The van der Waals surface area contributed by atoms with E-state index in [0.29, 0.717) is 18.6 Å². The third-order valence-corrected chi connectivity index (χ3v) is 3.74. The van der Waals surface area contributed by atoms with Crippen molar-refractivity contribution >= 4 is 5.78 Å². The van der Waals surface area contributed by atoms with Gasteiger partial charge in [-0.05, 0) is 49.4 Å². The van der Waals surface area contributed by atoms with Crippen LogP contribution in [0.15, 0.2) is 12.1 Å². The van der Waals surface area contributed by atoms with Gasteiger partial charge in [0.05, 0.1) is 7.11 Å². The summed E-state index contributed by atoms with van der Waals surface area (Å²) in [6.07, 6.45) is 4.38. The van der Waals surface area contributed by atoms with E-state index >= 15 is 0 Å². The lowest BCUT2D eigenvalue weighted by Gasteiger charge is -2.21. The number of ether oxygens (including phenoxy) is 1. The van der Waals surface area contributed by atoms with E-state index in [4.69, 9.17) is 4.74 Å². The normalized spacial score (nSPS) is 19.9. The van der Waals surface area contributed by atoms with E-state index in [9.17, 15) is 9.90 Å². The molecule has 1 saturated carbocycles. The molecule has 0 radical (unpaired) electrons. The van der Waals surface area contributed by atoms with Crippen LogP contribution in [0.25, 0.3) is 0 Å². The number of carbonyl (C=O) groups is 1. The zero-order valence-corrected chi connectivity index (χ0v) is 11.0. The van der Waals surface area contributed by atoms with Gasteiger partial charge in [-0.3, -0.25) is 4.79 Å². The van der Waals surface area contributed by atoms with E-state index in [1.807, 2.05) is 13.0 Å². The summed E-state index contributed by atoms with van der Waals surface area (Å²) >= 11 is 0. The van der Waals surface area contributed by atoms with Gasteiger partial charge in [0.1, 0.15) is 17.3 Å². The minimum atomic E-state index is 0.0667. The van der Waals surface area contributed by atoms with Gasteiger partial charge in [0.15, 0.2) is 0 Å². The molecule has 0 saturated heterocycles. The van der Waals surface area contributed by atoms with Crippen molar-refractivity contribution in [2.45, 2.75) is 39.0 Å². The maximum absolute atomic E-state index is 11.8. The Kier molecular flexibility index (Phi) is 3.90. The van der Waals surface area contributed by atoms with Crippen molar-refractivity contribution < 1.29 is 14.6 Å². The first-order chi connectivity index (χ1) is 8.61. The largest absolute Gasteiger partial charge is 0.508 e. The first kappa shape index (κ1) is 12.9. The Hall–Kier alpha value is -1.51. The van der Waals surface area contributed by atoms with Crippen molar-refractivity contribution in [3.8, 4) is 11.5 Å². The summed E-state index contributed by atoms with van der Waals surface area (Å²) in [5, 5.41) is 9.96. The van der Waals surface area contributed by atoms with Gasteiger partial charge in [0.25, 0.3) is 0 Å². The number of aromatic hydroxyl groups is 1. The molecule has 0 aromatic heterocycles. The van der Waals surface area contributed by atoms with Crippen molar-refractivity contribution in [3.63, 3.8) is 0 Å². The molecule has 1 aromatic carbocycles. The molecule has 0 amide bonds. The number of carbonyl (C=O) groups excluding carboxylic acids is 1. The standard InChI is InChI=1S/C15H20O3/c1-10-7-14(17)12(9-15(10)18-2)8-11-5-3-4-6-13(11)16/h7,9,11,17H,3-6,8H2,1-2H3. The van der Waals surface area contributed by atoms with Gasteiger partial charge < -0.3 is 9.84 Å². The van der Waals surface area contributed by atoms with Crippen molar-refractivity contribution in [1.82, 2.24) is 0 Å². The first-order valence-corrected chi connectivity index (χ1v) is 6.51. The van der Waals surface area contributed by atoms with E-state index in [1.54, 1.807) is 13.2 Å². The maximum Gasteiger partial charge on any atom is 0.136 e. The van der Waals surface area contributed by atoms with E-state index in [1.165, 1.54) is 0 Å². The van der Waals surface area contributed by atoms with Crippen molar-refractivity contribution in [2.24, 2.45) is 5.92 Å². The second-order valence-corrected chi connectivity index (χ2v) is 5.06. The van der Waals surface area contributed by atoms with Crippen LogP contribution in [0.1, 0.15) is 36.8 Å². The molecule has 0 heterocycles. The molecule has 0 spiro atoms. The Labute approximate surface area is 108 Å². The van der Waals surface area contributed by atoms with E-state index in [-0.39, 0.29) is 11.7 Å². The highest BCUT2D eigenvalue weighted by Crippen LogP contribution is 2.32. The SMILES string of the molecule is COc1cc(CC2CCCCC2=O)c(O)cc1C. The minimum absolute atomic E-state index is 0.0667. The predicted molar refractivity (Wildman–Crippen MR) is 70.1 cm³/mol. The van der Waals surface area contributed by atoms with E-state index < -0.39 is 0 Å². The number of phenolic OH excluding ortho intramolecular Hbond substituents is 1. The fourth-order valence-electron chi connectivity index (χ4n) is 2.63. The maximum atomic E-state index is 11.8. The fraction of sp³-hybridized carbons (Fsp3) is 0.533. The Bertz CT molecular complexity index is 451. The van der Waals surface area contributed by atoms with Crippen LogP contribution in [-0.2, 0) is 11.2 Å². The van der Waals surface area contributed by atoms with Crippen LogP contribution in [-0.4, -0.2) is 18.0 Å². The number of hydrogen-bond donors (Lipinski definition) is 1. The lowest BCUT2D eigenvalue weighted by molar-refractivity contribution is -0.124. The zero-order valence-electron chi connectivity index (χ0n) is 11.0. The van der Waals surface area contributed by atoms with Gasteiger partial charge in [-0.25, -0.2) is 0 Å². The molecule has 1 atom stereocenters. The molecule has 1 N–H and O–H groups in total. The summed E-state index contributed by atoms with van der Waals surface area (Å²) in [4.78, 5) is 11.8. The van der Waals surface area contributed by atoms with Crippen molar-refractivity contribution in [2.75, 3.05) is 7.11 Å². The topological polar surface area (TPSA) is 46.5 Å². The van der Waals surface area contributed by atoms with Crippen molar-refractivity contribution in [3.05, 3.63) is 23.3 Å². The molecule has 1 aliphatic rings. The fourth-order valence-corrected chi connectivity index (χ4v) is 2.63. The smallest absolute Gasteiger partial charge is 0.136 e. The highest BCUT2D eigenvalue weighted by molar-refractivity contribution is 5.82. The number of ketones is 1. The molecule has 3 nitrogen and oxygen atoms in total. The Morgan fingerprint density at radius 1 is 1.39 bits per heavy atom. The van der Waals surface area contributed by atoms with Gasteiger partial charge in [-0.1, -0.05) is 6.42 Å². The number of phenols is 1. The molecule has 18 heavy (non-hydrogen) atoms. The van der Waals surface area contributed by atoms with Crippen LogP contribution in [0.3, 0.4) is 0 Å². The van der Waals surface area contributed by atoms with Crippen LogP contribution in [0.4, 0.5) is 0 Å². The lowest BCUT2D eigenvalue weighted by Crippen LogP contribution is -2.21. The lowest BCUT2D eigenvalue weighted by atomic mass is 9.83. The number of rotatable bonds is 3. The predicted octanol–water partition coefficient (Wildman–Crippen LogP) is 3.01. The second kappa shape index (κ2) is 5.42. The number of hydrogen-bond acceptors (Lipinski definition) is 3. The molecule has 0 aliphatic heterocycles. The summed E-state index contributed by atoms with van der Waals surface area (Å²) < 4.78 is 5.26. The number of benzene rings is 1. The van der Waals surface area contributed by atoms with Gasteiger partial charge in [-0.15, -0.1) is 0 Å². The average Bonchev–Trinajstić information content (AvgIpc) is 2.35. The molecule has 2 rings (SSSR count). The quantitative estimate of drug-likeness (QED) is 0.894. The Morgan fingerprint density at radius 2 is 2.17 bits per heavy atom. The summed E-state index contributed by atoms with van der Waals surface area (Å²) in [6.45, 7) is 1.90. The van der Waals surface area contributed by atoms with Crippen LogP contribution < -0.4 is 4.74 Å². The Balaban J connectivity index is 2.20. The molecule has 0 bridgehead atoms. The molecular weight excluding hydrogens is 228 g/mol. The summed E-state index contributed by atoms with van der Waals surface area (Å²) in [5.41, 5.74) is 1.73. The van der Waals surface area contributed by atoms with Crippen LogP contribution in [0.2, 0.25) is 0 Å². The van der Waals surface area contributed by atoms with Gasteiger partial charge in [-0.2, -0.15) is 0 Å². The average molecular weight is 248 g/mol. The zero-order chi connectivity index (χ0) is 13.1. The first-order valence-electron chi connectivity index (χ1n) is 6.51. The van der Waals surface area contributed by atoms with Gasteiger partial charge >= 0.3 is 0 Å². The molecule has 1 aromatic rings. The number of Topliss-reactive ketones (excluding diaryl/α,β-unsaturated/α-hetero) is 1. The second-order valence-electron chi connectivity index (χ2n) is 5.06. The summed E-state index contributed by atoms with van der Waals surface area (Å²) in [5.74, 6) is 1.44. The molecule has 1 aliphatic carbocycles. The van der Waals surface area contributed by atoms with Crippen LogP contribution in [0, 0.1) is 12.8 Å². The van der Waals surface area contributed by atoms with Gasteiger partial charge in [0, 0.05) is 12.3 Å². The van der Waals surface area contributed by atoms with Crippen molar-refractivity contribution in [1.29, 1.82) is 0 Å². The number of aryl methyl sites for hydroxylation is 1. The molecule has 1 fully saturated rings. The van der Waals surface area contributed by atoms with Crippen LogP contribution in [0.5, 0.6) is 11.5 Å². The van der Waals surface area contributed by atoms with Gasteiger partial charge in [0.2, 0.25) is 0 Å². The summed E-state index contributed by atoms with van der Waals surface area (Å²) in [6, 6.07) is 3.56. The van der Waals surface area contributed by atoms with Crippen LogP contribution >= 0.6 is 0 Å². The highest BCUT2D eigenvalue weighted by atomic mass is 16.5. The monoisotopic (exact) mass is 248 g/mol. The van der Waals surface area contributed by atoms with E-state index in [0.717, 1.165) is 36.1 Å². The molecule has 3 heteroatoms. The van der Waals surface area contributed by atoms with E-state index in [2.05, 4.69) is 0 Å². The minimum Gasteiger partial charge on any atom is -0.508 e. The third-order valence-electron chi connectivity index (χ3n) is 3.74. The molecule has 1 unspecified atom stereocenters. The molecular formula is C15H20O3. The highest BCUT2D eigenvalue weighted by Gasteiger charge is 2.23. The Morgan fingerprint density at radius 3 is 2.83 bits per heavy atom. The molecule has 98 valence electrons.